The summed E-state index contributed by atoms with van der Waals surface area (Å²) in [6.07, 6.45) is 3.98. The molecule has 0 saturated heterocycles. The summed E-state index contributed by atoms with van der Waals surface area (Å²) in [6.45, 7) is 0.748. The molecular weight excluding hydrogens is 264 g/mol. The van der Waals surface area contributed by atoms with Crippen LogP contribution < -0.4 is 14.8 Å². The van der Waals surface area contributed by atoms with E-state index >= 15 is 0 Å². The van der Waals surface area contributed by atoms with Gasteiger partial charge in [-0.2, -0.15) is 0 Å². The summed E-state index contributed by atoms with van der Waals surface area (Å²) in [7, 11) is 3.36. The van der Waals surface area contributed by atoms with Crippen LogP contribution in [0.15, 0.2) is 36.5 Å². The first-order valence-electron chi connectivity index (χ1n) is 7.20. The zero-order chi connectivity index (χ0) is 14.7. The number of methoxy groups -OCH3 is 2. The summed E-state index contributed by atoms with van der Waals surface area (Å²) in [5.41, 5.74) is 3.83. The molecule has 3 rings (SSSR count). The molecule has 1 unspecified atom stereocenters. The molecule has 0 saturated carbocycles. The van der Waals surface area contributed by atoms with Crippen LogP contribution in [0.5, 0.6) is 11.6 Å². The number of hydrogen-bond acceptors (Lipinski definition) is 4. The van der Waals surface area contributed by atoms with E-state index in [1.165, 1.54) is 11.1 Å². The normalized spacial score (nSPS) is 16.6. The molecule has 1 aliphatic rings. The number of hydrogen-bond donors (Lipinski definition) is 1. The van der Waals surface area contributed by atoms with E-state index in [0.717, 1.165) is 30.7 Å². The van der Waals surface area contributed by atoms with Gasteiger partial charge in [-0.3, -0.25) is 0 Å². The van der Waals surface area contributed by atoms with Crippen LogP contribution in [0.4, 0.5) is 0 Å². The van der Waals surface area contributed by atoms with Crippen molar-refractivity contribution in [1.82, 2.24) is 10.3 Å². The van der Waals surface area contributed by atoms with Gasteiger partial charge in [0.2, 0.25) is 5.88 Å². The minimum absolute atomic E-state index is 0.361. The molecule has 4 heteroatoms. The molecule has 1 aromatic heterocycles. The second-order valence-corrected chi connectivity index (χ2v) is 5.21. The Morgan fingerprint density at radius 3 is 2.95 bits per heavy atom. The van der Waals surface area contributed by atoms with Crippen LogP contribution in [0.25, 0.3) is 0 Å². The van der Waals surface area contributed by atoms with Crippen molar-refractivity contribution < 1.29 is 9.47 Å². The quantitative estimate of drug-likeness (QED) is 0.917. The lowest BCUT2D eigenvalue weighted by Crippen LogP contribution is -2.19. The van der Waals surface area contributed by atoms with Gasteiger partial charge in [0.1, 0.15) is 5.75 Å². The smallest absolute Gasteiger partial charge is 0.217 e. The first kappa shape index (κ1) is 13.9. The molecule has 0 aliphatic heterocycles. The van der Waals surface area contributed by atoms with E-state index in [2.05, 4.69) is 22.4 Å². The van der Waals surface area contributed by atoms with Crippen LogP contribution in [0, 0.1) is 0 Å². The molecule has 1 heterocycles. The van der Waals surface area contributed by atoms with Crippen molar-refractivity contribution >= 4 is 0 Å². The highest BCUT2D eigenvalue weighted by atomic mass is 16.5. The molecule has 1 N–H and O–H groups in total. The zero-order valence-corrected chi connectivity index (χ0v) is 12.4. The predicted molar refractivity (Wildman–Crippen MR) is 81.7 cm³/mol. The molecule has 0 radical (unpaired) electrons. The highest BCUT2D eigenvalue weighted by Gasteiger charge is 2.22. The lowest BCUT2D eigenvalue weighted by Gasteiger charge is -2.16. The summed E-state index contributed by atoms with van der Waals surface area (Å²) < 4.78 is 10.6. The fourth-order valence-electron chi connectivity index (χ4n) is 2.90. The van der Waals surface area contributed by atoms with Crippen molar-refractivity contribution in [2.24, 2.45) is 0 Å². The maximum Gasteiger partial charge on any atom is 0.217 e. The van der Waals surface area contributed by atoms with Gasteiger partial charge in [0.05, 0.1) is 14.2 Å². The van der Waals surface area contributed by atoms with Gasteiger partial charge >= 0.3 is 0 Å². The first-order chi connectivity index (χ1) is 10.3. The fraction of sp³-hybridized carbons (Fsp3) is 0.353. The standard InChI is InChI=1S/C17H20N2O2/c1-20-14-7-5-12-6-8-16(15(12)10-14)19-11-13-4-3-9-18-17(13)21-2/h3-5,7,9-10,16,19H,6,8,11H2,1-2H3. The van der Waals surface area contributed by atoms with Gasteiger partial charge in [-0.1, -0.05) is 12.1 Å². The van der Waals surface area contributed by atoms with E-state index in [1.807, 2.05) is 18.2 Å². The van der Waals surface area contributed by atoms with Crippen LogP contribution in [-0.2, 0) is 13.0 Å². The van der Waals surface area contributed by atoms with Crippen LogP contribution in [-0.4, -0.2) is 19.2 Å². The van der Waals surface area contributed by atoms with Gasteiger partial charge < -0.3 is 14.8 Å². The molecular formula is C17H20N2O2. The van der Waals surface area contributed by atoms with Crippen molar-refractivity contribution in [1.29, 1.82) is 0 Å². The topological polar surface area (TPSA) is 43.4 Å². The SMILES string of the molecule is COc1ccc2c(c1)C(NCc1cccnc1OC)CC2. The average molecular weight is 284 g/mol. The van der Waals surface area contributed by atoms with Crippen molar-refractivity contribution in [3.8, 4) is 11.6 Å². The van der Waals surface area contributed by atoms with Crippen LogP contribution >= 0.6 is 0 Å². The Kier molecular flexibility index (Phi) is 4.06. The number of aryl methyl sites for hydroxylation is 1. The fourth-order valence-corrected chi connectivity index (χ4v) is 2.90. The number of benzene rings is 1. The van der Waals surface area contributed by atoms with Crippen molar-refractivity contribution in [2.75, 3.05) is 14.2 Å². The number of aromatic nitrogens is 1. The lowest BCUT2D eigenvalue weighted by molar-refractivity contribution is 0.388. The van der Waals surface area contributed by atoms with E-state index in [9.17, 15) is 0 Å². The Labute approximate surface area is 125 Å². The monoisotopic (exact) mass is 284 g/mol. The van der Waals surface area contributed by atoms with Gasteiger partial charge in [-0.05, 0) is 42.2 Å². The van der Waals surface area contributed by atoms with Crippen molar-refractivity contribution in [3.05, 3.63) is 53.2 Å². The third-order valence-corrected chi connectivity index (χ3v) is 4.01. The summed E-state index contributed by atoms with van der Waals surface area (Å²) in [5, 5.41) is 3.60. The third kappa shape index (κ3) is 2.85. The molecule has 110 valence electrons. The van der Waals surface area contributed by atoms with Gasteiger partial charge in [0.15, 0.2) is 0 Å². The van der Waals surface area contributed by atoms with Gasteiger partial charge in [-0.25, -0.2) is 4.98 Å². The second kappa shape index (κ2) is 6.14. The largest absolute Gasteiger partial charge is 0.497 e. The molecule has 0 bridgehead atoms. The van der Waals surface area contributed by atoms with Gasteiger partial charge in [0.25, 0.3) is 0 Å². The predicted octanol–water partition coefficient (Wildman–Crippen LogP) is 2.88. The van der Waals surface area contributed by atoms with E-state index in [4.69, 9.17) is 9.47 Å². The second-order valence-electron chi connectivity index (χ2n) is 5.21. The molecule has 0 fully saturated rings. The summed E-state index contributed by atoms with van der Waals surface area (Å²) >= 11 is 0. The van der Waals surface area contributed by atoms with E-state index in [0.29, 0.717) is 11.9 Å². The summed E-state index contributed by atoms with van der Waals surface area (Å²) in [6, 6.07) is 10.7. The Morgan fingerprint density at radius 2 is 2.14 bits per heavy atom. The van der Waals surface area contributed by atoms with Gasteiger partial charge in [0, 0.05) is 24.3 Å². The number of pyridine rings is 1. The summed E-state index contributed by atoms with van der Waals surface area (Å²) in [4.78, 5) is 4.23. The number of rotatable bonds is 5. The Bertz CT molecular complexity index is 628. The van der Waals surface area contributed by atoms with Crippen molar-refractivity contribution in [2.45, 2.75) is 25.4 Å². The van der Waals surface area contributed by atoms with Crippen molar-refractivity contribution in [3.63, 3.8) is 0 Å². The van der Waals surface area contributed by atoms with E-state index < -0.39 is 0 Å². The number of nitrogens with zero attached hydrogens (tertiary/aromatic N) is 1. The molecule has 0 amide bonds. The zero-order valence-electron chi connectivity index (χ0n) is 12.4. The third-order valence-electron chi connectivity index (χ3n) is 4.01. The molecule has 0 spiro atoms. The molecule has 21 heavy (non-hydrogen) atoms. The number of fused-ring (bicyclic) bond motifs is 1. The molecule has 4 nitrogen and oxygen atoms in total. The van der Waals surface area contributed by atoms with Gasteiger partial charge in [-0.15, -0.1) is 0 Å². The first-order valence-corrected chi connectivity index (χ1v) is 7.20. The van der Waals surface area contributed by atoms with Crippen LogP contribution in [0.2, 0.25) is 0 Å². The minimum Gasteiger partial charge on any atom is -0.497 e. The lowest BCUT2D eigenvalue weighted by atomic mass is 10.1. The minimum atomic E-state index is 0.361. The molecule has 1 atom stereocenters. The number of nitrogens with one attached hydrogen (secondary N) is 1. The number of ether oxygens (including phenoxy) is 2. The Morgan fingerprint density at radius 1 is 1.24 bits per heavy atom. The van der Waals surface area contributed by atoms with E-state index in [-0.39, 0.29) is 0 Å². The summed E-state index contributed by atoms with van der Waals surface area (Å²) in [5.74, 6) is 1.61. The highest BCUT2D eigenvalue weighted by Crippen LogP contribution is 2.34. The maximum atomic E-state index is 5.33. The highest BCUT2D eigenvalue weighted by molar-refractivity contribution is 5.41. The Balaban J connectivity index is 1.73. The maximum absolute atomic E-state index is 5.33. The molecule has 1 aromatic carbocycles. The average Bonchev–Trinajstić information content (AvgIpc) is 2.95. The van der Waals surface area contributed by atoms with Crippen LogP contribution in [0.1, 0.15) is 29.2 Å². The Hall–Kier alpha value is -2.07. The van der Waals surface area contributed by atoms with E-state index in [1.54, 1.807) is 20.4 Å². The molecule has 1 aliphatic carbocycles. The molecule has 2 aromatic rings. The van der Waals surface area contributed by atoms with Crippen LogP contribution in [0.3, 0.4) is 0 Å².